The number of aromatic nitrogens is 1. The lowest BCUT2D eigenvalue weighted by Crippen LogP contribution is -2.35. The van der Waals surface area contributed by atoms with Crippen molar-refractivity contribution in [3.8, 4) is 10.8 Å². The molecule has 0 unspecified atom stereocenters. The number of piperidine rings is 1. The van der Waals surface area contributed by atoms with Crippen molar-refractivity contribution in [2.75, 3.05) is 19.6 Å². The summed E-state index contributed by atoms with van der Waals surface area (Å²) in [6, 6.07) is 4.05. The molecule has 3 rings (SSSR count). The van der Waals surface area contributed by atoms with Gasteiger partial charge in [0.1, 0.15) is 6.26 Å². The van der Waals surface area contributed by atoms with Crippen molar-refractivity contribution in [2.45, 2.75) is 19.4 Å². The molecular formula is C14H19N3OS. The normalized spacial score (nSPS) is 17.9. The summed E-state index contributed by atoms with van der Waals surface area (Å²) in [5.74, 6) is 1.44. The van der Waals surface area contributed by atoms with Gasteiger partial charge >= 0.3 is 0 Å². The zero-order valence-electron chi connectivity index (χ0n) is 10.9. The predicted octanol–water partition coefficient (Wildman–Crippen LogP) is 2.57. The Labute approximate surface area is 117 Å². The maximum atomic E-state index is 5.71. The Morgan fingerprint density at radius 1 is 1.42 bits per heavy atom. The largest absolute Gasteiger partial charge is 0.444 e. The fraction of sp³-hybridized carbons (Fsp3) is 0.500. The Morgan fingerprint density at radius 3 is 2.95 bits per heavy atom. The molecule has 0 aliphatic carbocycles. The molecule has 0 bridgehead atoms. The smallest absolute Gasteiger partial charge is 0.236 e. The van der Waals surface area contributed by atoms with Crippen LogP contribution in [-0.4, -0.2) is 29.5 Å². The number of likely N-dealkylation sites (tertiary alicyclic amines) is 1. The molecule has 0 atom stereocenters. The van der Waals surface area contributed by atoms with E-state index in [4.69, 9.17) is 10.2 Å². The SMILES string of the molecule is NCC1CCN(Cc2coc(-c3cccs3)n2)CC1. The zero-order valence-corrected chi connectivity index (χ0v) is 11.7. The van der Waals surface area contributed by atoms with E-state index in [9.17, 15) is 0 Å². The molecule has 0 aromatic carbocycles. The van der Waals surface area contributed by atoms with Gasteiger partial charge in [-0.3, -0.25) is 4.90 Å². The second-order valence-corrected chi connectivity index (χ2v) is 6.02. The summed E-state index contributed by atoms with van der Waals surface area (Å²) in [6.45, 7) is 3.93. The van der Waals surface area contributed by atoms with E-state index in [0.29, 0.717) is 5.92 Å². The van der Waals surface area contributed by atoms with E-state index in [-0.39, 0.29) is 0 Å². The number of rotatable bonds is 4. The predicted molar refractivity (Wildman–Crippen MR) is 76.9 cm³/mol. The van der Waals surface area contributed by atoms with Crippen molar-refractivity contribution in [3.05, 3.63) is 29.5 Å². The van der Waals surface area contributed by atoms with Crippen molar-refractivity contribution in [3.63, 3.8) is 0 Å². The van der Waals surface area contributed by atoms with Crippen LogP contribution in [0.4, 0.5) is 0 Å². The van der Waals surface area contributed by atoms with E-state index in [1.165, 1.54) is 12.8 Å². The third-order valence-electron chi connectivity index (χ3n) is 3.71. The van der Waals surface area contributed by atoms with E-state index in [1.807, 2.05) is 17.5 Å². The van der Waals surface area contributed by atoms with Gasteiger partial charge in [-0.2, -0.15) is 0 Å². The van der Waals surface area contributed by atoms with Gasteiger partial charge in [-0.15, -0.1) is 11.3 Å². The molecule has 102 valence electrons. The first-order valence-electron chi connectivity index (χ1n) is 6.76. The molecule has 19 heavy (non-hydrogen) atoms. The first kappa shape index (κ1) is 12.8. The van der Waals surface area contributed by atoms with Gasteiger partial charge in [-0.25, -0.2) is 4.98 Å². The summed E-state index contributed by atoms with van der Waals surface area (Å²) >= 11 is 1.65. The lowest BCUT2D eigenvalue weighted by atomic mass is 9.97. The Morgan fingerprint density at radius 2 is 2.26 bits per heavy atom. The Kier molecular flexibility index (Phi) is 3.96. The van der Waals surface area contributed by atoms with Gasteiger partial charge < -0.3 is 10.2 Å². The van der Waals surface area contributed by atoms with E-state index in [0.717, 1.165) is 42.6 Å². The standard InChI is InChI=1S/C14H19N3OS/c15-8-11-3-5-17(6-4-11)9-12-10-18-14(16-12)13-2-1-7-19-13/h1-2,7,10-11H,3-6,8-9,15H2. The number of hydrogen-bond acceptors (Lipinski definition) is 5. The Bertz CT molecular complexity index is 501. The summed E-state index contributed by atoms with van der Waals surface area (Å²) in [7, 11) is 0. The number of hydrogen-bond donors (Lipinski definition) is 1. The molecule has 2 N–H and O–H groups in total. The molecule has 3 heterocycles. The molecule has 5 heteroatoms. The summed E-state index contributed by atoms with van der Waals surface area (Å²) in [5.41, 5.74) is 6.74. The average Bonchev–Trinajstić information content (AvgIpc) is 3.10. The van der Waals surface area contributed by atoms with E-state index in [1.54, 1.807) is 17.6 Å². The van der Waals surface area contributed by atoms with Crippen LogP contribution in [0.5, 0.6) is 0 Å². The summed E-state index contributed by atoms with van der Waals surface area (Å²) < 4.78 is 5.55. The van der Waals surface area contributed by atoms with Gasteiger partial charge in [0.15, 0.2) is 0 Å². The zero-order chi connectivity index (χ0) is 13.1. The number of nitrogens with zero attached hydrogens (tertiary/aromatic N) is 2. The Balaban J connectivity index is 1.59. The summed E-state index contributed by atoms with van der Waals surface area (Å²) in [5, 5.41) is 2.04. The first-order chi connectivity index (χ1) is 9.35. The van der Waals surface area contributed by atoms with Crippen LogP contribution in [-0.2, 0) is 6.54 Å². The molecule has 0 amide bonds. The molecule has 1 aliphatic heterocycles. The van der Waals surface area contributed by atoms with Crippen LogP contribution in [0, 0.1) is 5.92 Å². The van der Waals surface area contributed by atoms with Crippen LogP contribution in [0.3, 0.4) is 0 Å². The van der Waals surface area contributed by atoms with Crippen LogP contribution in [0.1, 0.15) is 18.5 Å². The highest BCUT2D eigenvalue weighted by atomic mass is 32.1. The fourth-order valence-corrected chi connectivity index (χ4v) is 3.16. The highest BCUT2D eigenvalue weighted by Crippen LogP contribution is 2.24. The Hall–Kier alpha value is -1.17. The molecule has 1 fully saturated rings. The average molecular weight is 277 g/mol. The van der Waals surface area contributed by atoms with Crippen molar-refractivity contribution in [2.24, 2.45) is 11.7 Å². The van der Waals surface area contributed by atoms with Crippen molar-refractivity contribution < 1.29 is 4.42 Å². The van der Waals surface area contributed by atoms with Crippen molar-refractivity contribution in [1.29, 1.82) is 0 Å². The topological polar surface area (TPSA) is 55.3 Å². The lowest BCUT2D eigenvalue weighted by molar-refractivity contribution is 0.178. The van der Waals surface area contributed by atoms with E-state index >= 15 is 0 Å². The minimum Gasteiger partial charge on any atom is -0.444 e. The first-order valence-corrected chi connectivity index (χ1v) is 7.64. The number of thiophene rings is 1. The molecule has 0 spiro atoms. The quantitative estimate of drug-likeness (QED) is 0.933. The molecular weight excluding hydrogens is 258 g/mol. The van der Waals surface area contributed by atoms with Crippen LogP contribution >= 0.6 is 11.3 Å². The van der Waals surface area contributed by atoms with Gasteiger partial charge in [0.05, 0.1) is 10.6 Å². The van der Waals surface area contributed by atoms with E-state index in [2.05, 4.69) is 9.88 Å². The monoisotopic (exact) mass is 277 g/mol. The highest BCUT2D eigenvalue weighted by molar-refractivity contribution is 7.13. The molecule has 0 radical (unpaired) electrons. The van der Waals surface area contributed by atoms with Crippen molar-refractivity contribution in [1.82, 2.24) is 9.88 Å². The van der Waals surface area contributed by atoms with Gasteiger partial charge in [-0.05, 0) is 49.8 Å². The molecule has 2 aromatic heterocycles. The number of oxazole rings is 1. The maximum absolute atomic E-state index is 5.71. The van der Waals surface area contributed by atoms with Gasteiger partial charge in [0, 0.05) is 6.54 Å². The van der Waals surface area contributed by atoms with Crippen LogP contribution in [0.15, 0.2) is 28.2 Å². The fourth-order valence-electron chi connectivity index (χ4n) is 2.50. The minimum absolute atomic E-state index is 0.704. The number of nitrogens with two attached hydrogens (primary N) is 1. The maximum Gasteiger partial charge on any atom is 0.236 e. The second kappa shape index (κ2) is 5.86. The summed E-state index contributed by atoms with van der Waals surface area (Å²) in [4.78, 5) is 8.09. The molecule has 2 aromatic rings. The molecule has 0 saturated carbocycles. The van der Waals surface area contributed by atoms with Crippen LogP contribution < -0.4 is 5.73 Å². The summed E-state index contributed by atoms with van der Waals surface area (Å²) in [6.07, 6.45) is 4.18. The lowest BCUT2D eigenvalue weighted by Gasteiger charge is -2.30. The van der Waals surface area contributed by atoms with Crippen LogP contribution in [0.25, 0.3) is 10.8 Å². The minimum atomic E-state index is 0.704. The molecule has 4 nitrogen and oxygen atoms in total. The van der Waals surface area contributed by atoms with Crippen molar-refractivity contribution >= 4 is 11.3 Å². The third kappa shape index (κ3) is 3.05. The highest BCUT2D eigenvalue weighted by Gasteiger charge is 2.19. The van der Waals surface area contributed by atoms with Crippen LogP contribution in [0.2, 0.25) is 0 Å². The van der Waals surface area contributed by atoms with Gasteiger partial charge in [0.25, 0.3) is 0 Å². The molecule has 1 saturated heterocycles. The van der Waals surface area contributed by atoms with Gasteiger partial charge in [-0.1, -0.05) is 6.07 Å². The third-order valence-corrected chi connectivity index (χ3v) is 4.57. The second-order valence-electron chi connectivity index (χ2n) is 5.08. The van der Waals surface area contributed by atoms with Gasteiger partial charge in [0.2, 0.25) is 5.89 Å². The molecule has 1 aliphatic rings. The van der Waals surface area contributed by atoms with E-state index < -0.39 is 0 Å².